The molecule has 0 spiro atoms. The lowest BCUT2D eigenvalue weighted by atomic mass is 9.97. The van der Waals surface area contributed by atoms with Crippen LogP contribution in [0.5, 0.6) is 0 Å². The van der Waals surface area contributed by atoms with Crippen LogP contribution in [0, 0.1) is 11.7 Å². The molecule has 0 saturated carbocycles. The van der Waals surface area contributed by atoms with Gasteiger partial charge < -0.3 is 4.52 Å². The lowest BCUT2D eigenvalue weighted by molar-refractivity contribution is 0.307. The molecular formula is C23H26FN3O3S. The van der Waals surface area contributed by atoms with E-state index in [1.54, 1.807) is 24.3 Å². The van der Waals surface area contributed by atoms with E-state index in [9.17, 15) is 12.8 Å². The van der Waals surface area contributed by atoms with Crippen LogP contribution in [0.2, 0.25) is 0 Å². The summed E-state index contributed by atoms with van der Waals surface area (Å²) >= 11 is 0. The van der Waals surface area contributed by atoms with E-state index < -0.39 is 10.0 Å². The number of aromatic nitrogens is 2. The Kier molecular flexibility index (Phi) is 6.20. The molecule has 0 bridgehead atoms. The molecule has 0 amide bonds. The zero-order valence-electron chi connectivity index (χ0n) is 17.7. The molecule has 2 aromatic carbocycles. The molecule has 6 nitrogen and oxygen atoms in total. The van der Waals surface area contributed by atoms with Crippen molar-refractivity contribution >= 4 is 10.0 Å². The number of hydrogen-bond donors (Lipinski definition) is 0. The van der Waals surface area contributed by atoms with Crippen molar-refractivity contribution in [2.24, 2.45) is 5.92 Å². The summed E-state index contributed by atoms with van der Waals surface area (Å²) in [6.07, 6.45) is 2.13. The minimum Gasteiger partial charge on any atom is -0.334 e. The molecule has 164 valence electrons. The van der Waals surface area contributed by atoms with Crippen molar-refractivity contribution in [3.05, 3.63) is 65.7 Å². The van der Waals surface area contributed by atoms with E-state index in [2.05, 4.69) is 24.0 Å². The van der Waals surface area contributed by atoms with E-state index in [1.165, 1.54) is 16.4 Å². The maximum atomic E-state index is 13.4. The molecule has 0 aliphatic carbocycles. The van der Waals surface area contributed by atoms with Crippen molar-refractivity contribution < 1.29 is 17.3 Å². The van der Waals surface area contributed by atoms with E-state index in [0.29, 0.717) is 48.1 Å². The lowest BCUT2D eigenvalue weighted by Crippen LogP contribution is -2.38. The highest BCUT2D eigenvalue weighted by Gasteiger charge is 2.32. The normalized spacial score (nSPS) is 16.1. The molecule has 1 aliphatic heterocycles. The predicted molar refractivity (Wildman–Crippen MR) is 115 cm³/mol. The summed E-state index contributed by atoms with van der Waals surface area (Å²) in [5, 5.41) is 4.05. The third-order valence-electron chi connectivity index (χ3n) is 5.54. The van der Waals surface area contributed by atoms with Gasteiger partial charge in [0, 0.05) is 24.6 Å². The zero-order chi connectivity index (χ0) is 22.0. The van der Waals surface area contributed by atoms with Crippen molar-refractivity contribution in [3.8, 4) is 11.5 Å². The van der Waals surface area contributed by atoms with Crippen molar-refractivity contribution in [1.29, 1.82) is 0 Å². The number of piperidine rings is 1. The van der Waals surface area contributed by atoms with Gasteiger partial charge in [-0.1, -0.05) is 37.2 Å². The van der Waals surface area contributed by atoms with Gasteiger partial charge >= 0.3 is 0 Å². The molecular weight excluding hydrogens is 417 g/mol. The molecule has 2 heterocycles. The van der Waals surface area contributed by atoms with Crippen molar-refractivity contribution in [2.75, 3.05) is 13.1 Å². The SMILES string of the molecule is CC(C)Cc1ccc(S(=O)(=O)N2CCC(c3noc(-c4cccc(F)c4)n3)CC2)cc1. The number of halogens is 1. The number of hydrogen-bond acceptors (Lipinski definition) is 5. The highest BCUT2D eigenvalue weighted by atomic mass is 32.2. The van der Waals surface area contributed by atoms with E-state index in [-0.39, 0.29) is 17.6 Å². The summed E-state index contributed by atoms with van der Waals surface area (Å²) in [6.45, 7) is 5.06. The average molecular weight is 444 g/mol. The predicted octanol–water partition coefficient (Wildman–Crippen LogP) is 4.64. The Balaban J connectivity index is 1.41. The Morgan fingerprint density at radius 2 is 1.84 bits per heavy atom. The van der Waals surface area contributed by atoms with Crippen LogP contribution in [0.15, 0.2) is 57.9 Å². The first kappa shape index (κ1) is 21.6. The summed E-state index contributed by atoms with van der Waals surface area (Å²) in [5.41, 5.74) is 1.67. The van der Waals surface area contributed by atoms with Gasteiger partial charge in [0.25, 0.3) is 5.89 Å². The molecule has 8 heteroatoms. The maximum absolute atomic E-state index is 13.4. The number of nitrogens with zero attached hydrogens (tertiary/aromatic N) is 3. The summed E-state index contributed by atoms with van der Waals surface area (Å²) < 4.78 is 46.3. The Hall–Kier alpha value is -2.58. The second-order valence-corrected chi connectivity index (χ2v) is 10.3. The largest absolute Gasteiger partial charge is 0.334 e. The van der Waals surface area contributed by atoms with Crippen molar-refractivity contribution in [2.45, 2.75) is 43.9 Å². The maximum Gasteiger partial charge on any atom is 0.258 e. The lowest BCUT2D eigenvalue weighted by Gasteiger charge is -2.29. The Morgan fingerprint density at radius 1 is 1.13 bits per heavy atom. The van der Waals surface area contributed by atoms with Crippen molar-refractivity contribution in [1.82, 2.24) is 14.4 Å². The second-order valence-electron chi connectivity index (χ2n) is 8.39. The van der Waals surface area contributed by atoms with Gasteiger partial charge in [-0.2, -0.15) is 9.29 Å². The van der Waals surface area contributed by atoms with E-state index in [1.807, 2.05) is 12.1 Å². The van der Waals surface area contributed by atoms with Crippen LogP contribution in [-0.4, -0.2) is 36.0 Å². The van der Waals surface area contributed by atoms with Crippen LogP contribution in [0.4, 0.5) is 4.39 Å². The summed E-state index contributed by atoms with van der Waals surface area (Å²) in [5.74, 6) is 0.965. The van der Waals surface area contributed by atoms with Gasteiger partial charge in [0.15, 0.2) is 5.82 Å². The smallest absolute Gasteiger partial charge is 0.258 e. The first-order valence-electron chi connectivity index (χ1n) is 10.5. The van der Waals surface area contributed by atoms with Gasteiger partial charge in [0.05, 0.1) is 4.90 Å². The number of sulfonamides is 1. The van der Waals surface area contributed by atoms with E-state index >= 15 is 0 Å². The molecule has 3 aromatic rings. The molecule has 1 fully saturated rings. The van der Waals surface area contributed by atoms with Gasteiger partial charge in [-0.05, 0) is 61.1 Å². The van der Waals surface area contributed by atoms with Crippen LogP contribution in [0.3, 0.4) is 0 Å². The van der Waals surface area contributed by atoms with Crippen LogP contribution in [-0.2, 0) is 16.4 Å². The minimum absolute atomic E-state index is 0.00549. The van der Waals surface area contributed by atoms with Gasteiger partial charge in [0.1, 0.15) is 5.82 Å². The molecule has 1 aliphatic rings. The highest BCUT2D eigenvalue weighted by Crippen LogP contribution is 2.31. The molecule has 1 saturated heterocycles. The third-order valence-corrected chi connectivity index (χ3v) is 7.45. The fourth-order valence-corrected chi connectivity index (χ4v) is 5.38. The molecule has 0 radical (unpaired) electrons. The van der Waals surface area contributed by atoms with Crippen molar-refractivity contribution in [3.63, 3.8) is 0 Å². The van der Waals surface area contributed by atoms with Crippen LogP contribution >= 0.6 is 0 Å². The molecule has 0 atom stereocenters. The van der Waals surface area contributed by atoms with Crippen LogP contribution < -0.4 is 0 Å². The quantitative estimate of drug-likeness (QED) is 0.555. The van der Waals surface area contributed by atoms with E-state index in [0.717, 1.165) is 12.0 Å². The molecule has 31 heavy (non-hydrogen) atoms. The molecule has 1 aromatic heterocycles. The van der Waals surface area contributed by atoms with Gasteiger partial charge in [0.2, 0.25) is 10.0 Å². The summed E-state index contributed by atoms with van der Waals surface area (Å²) in [4.78, 5) is 4.74. The minimum atomic E-state index is -3.53. The number of rotatable bonds is 6. The van der Waals surface area contributed by atoms with Gasteiger partial charge in [-0.15, -0.1) is 0 Å². The number of benzene rings is 2. The molecule has 0 N–H and O–H groups in total. The Bertz CT molecular complexity index is 1130. The molecule has 4 rings (SSSR count). The first-order chi connectivity index (χ1) is 14.8. The summed E-state index contributed by atoms with van der Waals surface area (Å²) in [6, 6.07) is 13.2. The van der Waals surface area contributed by atoms with Crippen LogP contribution in [0.1, 0.15) is 44.0 Å². The summed E-state index contributed by atoms with van der Waals surface area (Å²) in [7, 11) is -3.53. The molecule has 0 unspecified atom stereocenters. The third kappa shape index (κ3) is 4.85. The first-order valence-corrected chi connectivity index (χ1v) is 12.0. The Morgan fingerprint density at radius 3 is 2.48 bits per heavy atom. The zero-order valence-corrected chi connectivity index (χ0v) is 18.5. The fraction of sp³-hybridized carbons (Fsp3) is 0.391. The van der Waals surface area contributed by atoms with Crippen LogP contribution in [0.25, 0.3) is 11.5 Å². The van der Waals surface area contributed by atoms with Gasteiger partial charge in [-0.25, -0.2) is 12.8 Å². The topological polar surface area (TPSA) is 76.3 Å². The Labute approximate surface area is 182 Å². The monoisotopic (exact) mass is 443 g/mol. The van der Waals surface area contributed by atoms with E-state index in [4.69, 9.17) is 4.52 Å². The highest BCUT2D eigenvalue weighted by molar-refractivity contribution is 7.89. The van der Waals surface area contributed by atoms with Gasteiger partial charge in [-0.3, -0.25) is 0 Å². The standard InChI is InChI=1S/C23H26FN3O3S/c1-16(2)14-17-6-8-21(9-7-17)31(28,29)27-12-10-18(11-13-27)22-25-23(30-26-22)19-4-3-5-20(24)15-19/h3-9,15-16,18H,10-14H2,1-2H3. The fourth-order valence-electron chi connectivity index (χ4n) is 3.91. The average Bonchev–Trinajstić information content (AvgIpc) is 3.24. The second kappa shape index (κ2) is 8.88.